The molecule has 0 spiro atoms. The van der Waals surface area contributed by atoms with E-state index in [2.05, 4.69) is 33.0 Å². The summed E-state index contributed by atoms with van der Waals surface area (Å²) in [7, 11) is 0. The number of carbonyl (C=O) groups excluding carboxylic acids is 1. The van der Waals surface area contributed by atoms with Crippen LogP contribution in [0.4, 0.5) is 4.79 Å². The number of benzene rings is 1. The van der Waals surface area contributed by atoms with Gasteiger partial charge in [0.2, 0.25) is 0 Å². The second-order valence-electron chi connectivity index (χ2n) is 6.16. The quantitative estimate of drug-likeness (QED) is 0.589. The van der Waals surface area contributed by atoms with Crippen LogP contribution in [0.15, 0.2) is 30.3 Å². The first-order chi connectivity index (χ1) is 9.99. The molecule has 0 fully saturated rings. The Labute approximate surface area is 128 Å². The van der Waals surface area contributed by atoms with Crippen molar-refractivity contribution in [2.24, 2.45) is 11.8 Å². The van der Waals surface area contributed by atoms with Gasteiger partial charge in [0.25, 0.3) is 0 Å². The van der Waals surface area contributed by atoms with Crippen LogP contribution >= 0.6 is 0 Å². The summed E-state index contributed by atoms with van der Waals surface area (Å²) in [5.41, 5.74) is 1.12. The van der Waals surface area contributed by atoms with Crippen molar-refractivity contribution in [2.75, 3.05) is 19.8 Å². The Balaban J connectivity index is 2.50. The third-order valence-electron chi connectivity index (χ3n) is 2.91. The predicted octanol–water partition coefficient (Wildman–Crippen LogP) is 3.48. The van der Waals surface area contributed by atoms with Gasteiger partial charge in [0.05, 0.1) is 0 Å². The molecule has 0 bridgehead atoms. The Kier molecular flexibility index (Phi) is 7.83. The fourth-order valence-electron chi connectivity index (χ4n) is 2.00. The predicted molar refractivity (Wildman–Crippen MR) is 85.9 cm³/mol. The van der Waals surface area contributed by atoms with Crippen molar-refractivity contribution in [1.82, 2.24) is 10.2 Å². The lowest BCUT2D eigenvalue weighted by Crippen LogP contribution is -2.36. The average Bonchev–Trinajstić information content (AvgIpc) is 2.43. The van der Waals surface area contributed by atoms with E-state index >= 15 is 0 Å². The van der Waals surface area contributed by atoms with Crippen LogP contribution in [0.1, 0.15) is 33.3 Å². The highest BCUT2D eigenvalue weighted by Crippen LogP contribution is 2.09. The van der Waals surface area contributed by atoms with Crippen LogP contribution in [0, 0.1) is 11.8 Å². The van der Waals surface area contributed by atoms with E-state index in [9.17, 15) is 4.79 Å². The molecule has 1 rings (SSSR count). The number of hydrogen-bond donors (Lipinski definition) is 1. The van der Waals surface area contributed by atoms with Crippen LogP contribution in [-0.2, 0) is 11.3 Å². The largest absolute Gasteiger partial charge is 0.433 e. The van der Waals surface area contributed by atoms with Gasteiger partial charge in [-0.2, -0.15) is 0 Å². The van der Waals surface area contributed by atoms with E-state index in [1.807, 2.05) is 30.3 Å². The Hall–Kier alpha value is -1.55. The number of nitrogens with zero attached hydrogens (tertiary/aromatic N) is 1. The number of hydrogen-bond acceptors (Lipinski definition) is 3. The van der Waals surface area contributed by atoms with E-state index in [1.54, 1.807) is 4.90 Å². The minimum atomic E-state index is -0.260. The third kappa shape index (κ3) is 7.71. The number of carbonyl (C=O) groups is 1. The number of ether oxygens (including phenoxy) is 1. The summed E-state index contributed by atoms with van der Waals surface area (Å²) in [5, 5.41) is 3.12. The molecule has 4 heteroatoms. The molecule has 0 heterocycles. The van der Waals surface area contributed by atoms with Crippen LogP contribution in [0.2, 0.25) is 0 Å². The van der Waals surface area contributed by atoms with E-state index in [0.29, 0.717) is 24.9 Å². The number of rotatable bonds is 8. The highest BCUT2D eigenvalue weighted by molar-refractivity contribution is 5.67. The molecular weight excluding hydrogens is 264 g/mol. The Bertz CT molecular complexity index is 405. The van der Waals surface area contributed by atoms with Gasteiger partial charge in [-0.15, -0.1) is 0 Å². The van der Waals surface area contributed by atoms with Gasteiger partial charge in [-0.3, -0.25) is 5.32 Å². The summed E-state index contributed by atoms with van der Waals surface area (Å²) in [4.78, 5) is 14.0. The van der Waals surface area contributed by atoms with Gasteiger partial charge in [-0.05, 0) is 17.4 Å². The summed E-state index contributed by atoms with van der Waals surface area (Å²) >= 11 is 0. The maximum Gasteiger partial charge on any atom is 0.411 e. The van der Waals surface area contributed by atoms with E-state index < -0.39 is 0 Å². The molecule has 0 radical (unpaired) electrons. The lowest BCUT2D eigenvalue weighted by Gasteiger charge is -2.24. The zero-order chi connectivity index (χ0) is 15.7. The smallest absolute Gasteiger partial charge is 0.411 e. The van der Waals surface area contributed by atoms with Gasteiger partial charge in [-0.25, -0.2) is 4.79 Å². The molecule has 0 aliphatic heterocycles. The van der Waals surface area contributed by atoms with E-state index in [4.69, 9.17) is 4.74 Å². The Morgan fingerprint density at radius 2 is 1.81 bits per heavy atom. The molecule has 0 aliphatic rings. The molecule has 1 amide bonds. The lowest BCUT2D eigenvalue weighted by atomic mass is 10.1. The lowest BCUT2D eigenvalue weighted by molar-refractivity contribution is 0.0875. The van der Waals surface area contributed by atoms with Gasteiger partial charge >= 0.3 is 6.09 Å². The van der Waals surface area contributed by atoms with Gasteiger partial charge in [0, 0.05) is 19.6 Å². The summed E-state index contributed by atoms with van der Waals surface area (Å²) in [6.07, 6.45) is -0.260. The molecule has 1 N–H and O–H groups in total. The third-order valence-corrected chi connectivity index (χ3v) is 2.91. The van der Waals surface area contributed by atoms with E-state index in [0.717, 1.165) is 12.1 Å². The molecule has 0 unspecified atom stereocenters. The van der Waals surface area contributed by atoms with E-state index in [-0.39, 0.29) is 12.8 Å². The zero-order valence-electron chi connectivity index (χ0n) is 13.6. The summed E-state index contributed by atoms with van der Waals surface area (Å²) in [6, 6.07) is 10.00. The van der Waals surface area contributed by atoms with Crippen LogP contribution in [0.3, 0.4) is 0 Å². The average molecular weight is 292 g/mol. The SMILES string of the molecule is CC(C)CNCOC(=O)N(Cc1ccccc1)CC(C)C. The minimum Gasteiger partial charge on any atom is -0.433 e. The van der Waals surface area contributed by atoms with Crippen molar-refractivity contribution in [3.63, 3.8) is 0 Å². The Morgan fingerprint density at radius 1 is 1.14 bits per heavy atom. The van der Waals surface area contributed by atoms with Gasteiger partial charge < -0.3 is 9.64 Å². The van der Waals surface area contributed by atoms with Gasteiger partial charge in [-0.1, -0.05) is 58.0 Å². The highest BCUT2D eigenvalue weighted by atomic mass is 16.6. The first-order valence-corrected chi connectivity index (χ1v) is 7.65. The molecule has 0 saturated carbocycles. The highest BCUT2D eigenvalue weighted by Gasteiger charge is 2.16. The molecule has 0 aromatic heterocycles. The second-order valence-corrected chi connectivity index (χ2v) is 6.16. The maximum atomic E-state index is 12.2. The van der Waals surface area contributed by atoms with Crippen molar-refractivity contribution < 1.29 is 9.53 Å². The van der Waals surface area contributed by atoms with Crippen LogP contribution in [-0.4, -0.2) is 30.8 Å². The van der Waals surface area contributed by atoms with Crippen molar-refractivity contribution >= 4 is 6.09 Å². The molecular formula is C17H28N2O2. The van der Waals surface area contributed by atoms with Crippen molar-refractivity contribution in [3.8, 4) is 0 Å². The van der Waals surface area contributed by atoms with Crippen LogP contribution < -0.4 is 5.32 Å². The molecule has 0 saturated heterocycles. The zero-order valence-corrected chi connectivity index (χ0v) is 13.6. The van der Waals surface area contributed by atoms with Crippen molar-refractivity contribution in [2.45, 2.75) is 34.2 Å². The fourth-order valence-corrected chi connectivity index (χ4v) is 2.00. The molecule has 118 valence electrons. The molecule has 0 aliphatic carbocycles. The topological polar surface area (TPSA) is 41.6 Å². The summed E-state index contributed by atoms with van der Waals surface area (Å²) in [6.45, 7) is 10.8. The monoisotopic (exact) mass is 292 g/mol. The van der Waals surface area contributed by atoms with Crippen LogP contribution in [0.5, 0.6) is 0 Å². The molecule has 1 aromatic rings. The van der Waals surface area contributed by atoms with Gasteiger partial charge in [0.15, 0.2) is 0 Å². The minimum absolute atomic E-state index is 0.260. The first-order valence-electron chi connectivity index (χ1n) is 7.65. The summed E-state index contributed by atoms with van der Waals surface area (Å²) < 4.78 is 5.30. The van der Waals surface area contributed by atoms with Crippen LogP contribution in [0.25, 0.3) is 0 Å². The van der Waals surface area contributed by atoms with Crippen molar-refractivity contribution in [1.29, 1.82) is 0 Å². The van der Waals surface area contributed by atoms with Gasteiger partial charge in [0.1, 0.15) is 6.73 Å². The Morgan fingerprint density at radius 3 is 2.38 bits per heavy atom. The summed E-state index contributed by atoms with van der Waals surface area (Å²) in [5.74, 6) is 0.949. The number of amides is 1. The second kappa shape index (κ2) is 9.40. The normalized spacial score (nSPS) is 11.0. The molecule has 1 aromatic carbocycles. The molecule has 21 heavy (non-hydrogen) atoms. The molecule has 0 atom stereocenters. The standard InChI is InChI=1S/C17H28N2O2/c1-14(2)10-18-13-21-17(20)19(11-15(3)4)12-16-8-6-5-7-9-16/h5-9,14-15,18H,10-13H2,1-4H3. The fraction of sp³-hybridized carbons (Fsp3) is 0.588. The van der Waals surface area contributed by atoms with E-state index in [1.165, 1.54) is 0 Å². The van der Waals surface area contributed by atoms with Crippen molar-refractivity contribution in [3.05, 3.63) is 35.9 Å². The number of nitrogens with one attached hydrogen (secondary N) is 1. The maximum absolute atomic E-state index is 12.2. The first kappa shape index (κ1) is 17.5. The molecule has 4 nitrogen and oxygen atoms in total.